The van der Waals surface area contributed by atoms with Crippen LogP contribution in [0.25, 0.3) is 0 Å². The Morgan fingerprint density at radius 3 is 2.31 bits per heavy atom. The highest BCUT2D eigenvalue weighted by Crippen LogP contribution is 2.36. The maximum Gasteiger partial charge on any atom is 0.417 e. The van der Waals surface area contributed by atoms with Crippen molar-refractivity contribution < 1.29 is 13.2 Å². The molecule has 0 atom stereocenters. The summed E-state index contributed by atoms with van der Waals surface area (Å²) >= 11 is 4.78. The highest BCUT2D eigenvalue weighted by molar-refractivity contribution is 14.1. The Balaban J connectivity index is 3.32. The minimum absolute atomic E-state index is 0.0953. The number of alkyl halides is 3. The number of aryl methyl sites for hydroxylation is 1. The van der Waals surface area contributed by atoms with Gasteiger partial charge in [0.15, 0.2) is 0 Å². The van der Waals surface area contributed by atoms with E-state index in [-0.39, 0.29) is 4.47 Å². The van der Waals surface area contributed by atoms with Gasteiger partial charge in [0, 0.05) is 8.04 Å². The molecule has 0 saturated heterocycles. The van der Waals surface area contributed by atoms with Crippen molar-refractivity contribution in [1.82, 2.24) is 0 Å². The molecule has 0 aliphatic rings. The molecule has 0 bridgehead atoms. The van der Waals surface area contributed by atoms with E-state index in [1.165, 1.54) is 6.07 Å². The Morgan fingerprint density at radius 1 is 1.31 bits per heavy atom. The lowest BCUT2D eigenvalue weighted by Gasteiger charge is -2.10. The van der Waals surface area contributed by atoms with E-state index in [1.807, 2.05) is 22.6 Å². The molecule has 0 aliphatic heterocycles. The zero-order valence-electron chi connectivity index (χ0n) is 6.54. The SMILES string of the molecule is Cc1cc(Br)c(C(F)(F)F)cc1I. The van der Waals surface area contributed by atoms with Gasteiger partial charge in [0.2, 0.25) is 0 Å². The molecule has 5 heteroatoms. The van der Waals surface area contributed by atoms with Gasteiger partial charge in [0.25, 0.3) is 0 Å². The molecule has 0 saturated carbocycles. The van der Waals surface area contributed by atoms with Crippen molar-refractivity contribution in [3.63, 3.8) is 0 Å². The van der Waals surface area contributed by atoms with Gasteiger partial charge in [-0.25, -0.2) is 0 Å². The van der Waals surface area contributed by atoms with Crippen LogP contribution in [-0.2, 0) is 6.18 Å². The first-order valence-corrected chi connectivity index (χ1v) is 5.22. The highest BCUT2D eigenvalue weighted by atomic mass is 127. The third-order valence-electron chi connectivity index (χ3n) is 1.55. The topological polar surface area (TPSA) is 0 Å². The van der Waals surface area contributed by atoms with E-state index in [4.69, 9.17) is 0 Å². The fourth-order valence-corrected chi connectivity index (χ4v) is 2.01. The lowest BCUT2D eigenvalue weighted by Crippen LogP contribution is -2.06. The first-order valence-electron chi connectivity index (χ1n) is 3.35. The van der Waals surface area contributed by atoms with Crippen LogP contribution in [0.1, 0.15) is 11.1 Å². The van der Waals surface area contributed by atoms with Gasteiger partial charge in [-0.15, -0.1) is 0 Å². The van der Waals surface area contributed by atoms with Gasteiger partial charge in [-0.1, -0.05) is 15.9 Å². The normalized spacial score (nSPS) is 11.8. The molecule has 0 fully saturated rings. The van der Waals surface area contributed by atoms with Crippen molar-refractivity contribution in [3.8, 4) is 0 Å². The maximum atomic E-state index is 12.3. The van der Waals surface area contributed by atoms with E-state index in [9.17, 15) is 13.2 Å². The van der Waals surface area contributed by atoms with Crippen molar-refractivity contribution in [1.29, 1.82) is 0 Å². The summed E-state index contributed by atoms with van der Waals surface area (Å²) in [5, 5.41) is 0. The van der Waals surface area contributed by atoms with E-state index in [0.717, 1.165) is 11.6 Å². The molecule has 0 spiro atoms. The number of halogens is 5. The maximum absolute atomic E-state index is 12.3. The zero-order chi connectivity index (χ0) is 10.2. The van der Waals surface area contributed by atoms with Gasteiger partial charge >= 0.3 is 6.18 Å². The van der Waals surface area contributed by atoms with Gasteiger partial charge in [-0.3, -0.25) is 0 Å². The predicted octanol–water partition coefficient (Wildman–Crippen LogP) is 4.38. The molecule has 13 heavy (non-hydrogen) atoms. The number of hydrogen-bond acceptors (Lipinski definition) is 0. The van der Waals surface area contributed by atoms with Crippen LogP contribution < -0.4 is 0 Å². The average molecular weight is 365 g/mol. The molecular weight excluding hydrogens is 360 g/mol. The van der Waals surface area contributed by atoms with Crippen LogP contribution >= 0.6 is 38.5 Å². The Bertz CT molecular complexity index is 333. The number of hydrogen-bond donors (Lipinski definition) is 0. The van der Waals surface area contributed by atoms with Crippen molar-refractivity contribution >= 4 is 38.5 Å². The Kier molecular flexibility index (Phi) is 3.27. The molecule has 0 nitrogen and oxygen atoms in total. The van der Waals surface area contributed by atoms with E-state index >= 15 is 0 Å². The van der Waals surface area contributed by atoms with Gasteiger partial charge in [0.05, 0.1) is 5.56 Å². The number of rotatable bonds is 0. The minimum Gasteiger partial charge on any atom is -0.166 e. The molecule has 1 rings (SSSR count). The summed E-state index contributed by atoms with van der Waals surface area (Å²) in [6.45, 7) is 1.77. The van der Waals surface area contributed by atoms with Gasteiger partial charge < -0.3 is 0 Å². The number of benzene rings is 1. The van der Waals surface area contributed by atoms with Crippen LogP contribution in [0.4, 0.5) is 13.2 Å². The van der Waals surface area contributed by atoms with Crippen molar-refractivity contribution in [3.05, 3.63) is 31.3 Å². The van der Waals surface area contributed by atoms with Gasteiger partial charge in [-0.2, -0.15) is 13.2 Å². The molecule has 0 N–H and O–H groups in total. The third kappa shape index (κ3) is 2.59. The summed E-state index contributed by atoms with van der Waals surface area (Å²) in [6, 6.07) is 2.62. The van der Waals surface area contributed by atoms with E-state index in [1.54, 1.807) is 6.92 Å². The fraction of sp³-hybridized carbons (Fsp3) is 0.250. The van der Waals surface area contributed by atoms with Crippen LogP contribution in [0.5, 0.6) is 0 Å². The van der Waals surface area contributed by atoms with E-state index in [0.29, 0.717) is 3.57 Å². The quantitative estimate of drug-likeness (QED) is 0.599. The molecule has 0 aromatic heterocycles. The summed E-state index contributed by atoms with van der Waals surface area (Å²) in [7, 11) is 0. The second-order valence-electron chi connectivity index (χ2n) is 2.58. The van der Waals surface area contributed by atoms with Gasteiger partial charge in [-0.05, 0) is 47.2 Å². The monoisotopic (exact) mass is 364 g/mol. The van der Waals surface area contributed by atoms with Crippen LogP contribution in [0.3, 0.4) is 0 Å². The highest BCUT2D eigenvalue weighted by Gasteiger charge is 2.33. The molecule has 0 aliphatic carbocycles. The molecular formula is C8H5BrF3I. The van der Waals surface area contributed by atoms with Gasteiger partial charge in [0.1, 0.15) is 0 Å². The second kappa shape index (κ2) is 3.76. The molecule has 1 aromatic carbocycles. The molecule has 0 amide bonds. The summed E-state index contributed by atoms with van der Waals surface area (Å²) in [6.07, 6.45) is -4.29. The summed E-state index contributed by atoms with van der Waals surface area (Å²) in [5.41, 5.74) is 0.211. The van der Waals surface area contributed by atoms with Crippen molar-refractivity contribution in [2.45, 2.75) is 13.1 Å². The van der Waals surface area contributed by atoms with Crippen molar-refractivity contribution in [2.24, 2.45) is 0 Å². The summed E-state index contributed by atoms with van der Waals surface area (Å²) < 4.78 is 37.7. The first kappa shape index (κ1) is 11.3. The third-order valence-corrected chi connectivity index (χ3v) is 3.37. The molecule has 0 unspecified atom stereocenters. The van der Waals surface area contributed by atoms with Crippen LogP contribution in [0, 0.1) is 10.5 Å². The lowest BCUT2D eigenvalue weighted by atomic mass is 10.1. The fourth-order valence-electron chi connectivity index (χ4n) is 0.864. The largest absolute Gasteiger partial charge is 0.417 e. The standard InChI is InChI=1S/C8H5BrF3I/c1-4-2-6(9)5(3-7(4)13)8(10,11)12/h2-3H,1H3. The van der Waals surface area contributed by atoms with Crippen LogP contribution in [-0.4, -0.2) is 0 Å². The van der Waals surface area contributed by atoms with Crippen molar-refractivity contribution in [2.75, 3.05) is 0 Å². The Hall–Kier alpha value is 0.220. The molecule has 1 aromatic rings. The van der Waals surface area contributed by atoms with Crippen LogP contribution in [0.2, 0.25) is 0 Å². The predicted molar refractivity (Wildman–Crippen MR) is 56.6 cm³/mol. The second-order valence-corrected chi connectivity index (χ2v) is 4.60. The summed E-state index contributed by atoms with van der Waals surface area (Å²) in [4.78, 5) is 0. The average Bonchev–Trinajstić information content (AvgIpc) is 1.94. The molecule has 0 heterocycles. The Morgan fingerprint density at radius 2 is 1.85 bits per heavy atom. The summed E-state index contributed by atoms with van der Waals surface area (Å²) in [5.74, 6) is 0. The zero-order valence-corrected chi connectivity index (χ0v) is 10.3. The smallest absolute Gasteiger partial charge is 0.166 e. The molecule has 72 valence electrons. The Labute approximate surface area is 95.8 Å². The molecule has 0 radical (unpaired) electrons. The van der Waals surface area contributed by atoms with Crippen LogP contribution in [0.15, 0.2) is 16.6 Å². The minimum atomic E-state index is -4.29. The van der Waals surface area contributed by atoms with E-state index < -0.39 is 11.7 Å². The van der Waals surface area contributed by atoms with E-state index in [2.05, 4.69) is 15.9 Å². The lowest BCUT2D eigenvalue weighted by molar-refractivity contribution is -0.138. The first-order chi connectivity index (χ1) is 5.82.